The molecule has 2 heterocycles. The van der Waals surface area contributed by atoms with Crippen molar-refractivity contribution in [3.8, 4) is 0 Å². The molecule has 6 heteroatoms. The third-order valence-electron chi connectivity index (χ3n) is 2.85. The Morgan fingerprint density at radius 1 is 1.50 bits per heavy atom. The molecule has 0 spiro atoms. The van der Waals surface area contributed by atoms with Crippen LogP contribution < -0.4 is 5.32 Å². The zero-order valence-corrected chi connectivity index (χ0v) is 13.7. The molecule has 2 aromatic rings. The zero-order valence-electron chi connectivity index (χ0n) is 11.3. The van der Waals surface area contributed by atoms with Gasteiger partial charge in [-0.1, -0.05) is 19.4 Å². The molecule has 0 saturated heterocycles. The maximum atomic E-state index is 12.1. The van der Waals surface area contributed by atoms with Crippen LogP contribution in [0.1, 0.15) is 41.4 Å². The molecule has 1 amide bonds. The van der Waals surface area contributed by atoms with E-state index in [2.05, 4.69) is 23.3 Å². The summed E-state index contributed by atoms with van der Waals surface area (Å²) < 4.78 is 0. The predicted molar refractivity (Wildman–Crippen MR) is 85.5 cm³/mol. The minimum Gasteiger partial charge on any atom is -0.348 e. The van der Waals surface area contributed by atoms with Gasteiger partial charge in [0.25, 0.3) is 0 Å². The number of rotatable bonds is 7. The highest BCUT2D eigenvalue weighted by Crippen LogP contribution is 2.23. The van der Waals surface area contributed by atoms with Crippen molar-refractivity contribution in [2.45, 2.75) is 38.1 Å². The number of halogens is 1. The molecule has 2 aromatic heterocycles. The lowest BCUT2D eigenvalue weighted by Crippen LogP contribution is -2.29. The van der Waals surface area contributed by atoms with E-state index >= 15 is 0 Å². The van der Waals surface area contributed by atoms with Crippen molar-refractivity contribution < 1.29 is 4.79 Å². The Morgan fingerprint density at radius 3 is 2.95 bits per heavy atom. The van der Waals surface area contributed by atoms with E-state index in [4.69, 9.17) is 11.6 Å². The van der Waals surface area contributed by atoms with Gasteiger partial charge in [0.1, 0.15) is 5.01 Å². The number of hydrogen-bond acceptors (Lipinski definition) is 4. The number of nitrogens with one attached hydrogen (secondary N) is 1. The molecule has 0 bridgehead atoms. The lowest BCUT2D eigenvalue weighted by atomic mass is 10.1. The highest BCUT2D eigenvalue weighted by molar-refractivity contribution is 7.10. The van der Waals surface area contributed by atoms with Crippen LogP contribution in [0.5, 0.6) is 0 Å². The van der Waals surface area contributed by atoms with Gasteiger partial charge in [-0.25, -0.2) is 4.98 Å². The third-order valence-corrected chi connectivity index (χ3v) is 5.00. The number of carbonyl (C=O) groups excluding carboxylic acids is 1. The van der Waals surface area contributed by atoms with Gasteiger partial charge in [0.15, 0.2) is 0 Å². The van der Waals surface area contributed by atoms with Crippen molar-refractivity contribution in [2.75, 3.05) is 0 Å². The summed E-state index contributed by atoms with van der Waals surface area (Å²) in [4.78, 5) is 17.6. The topological polar surface area (TPSA) is 42.0 Å². The van der Waals surface area contributed by atoms with Crippen molar-refractivity contribution >= 4 is 40.2 Å². The van der Waals surface area contributed by atoms with E-state index in [1.807, 2.05) is 16.8 Å². The van der Waals surface area contributed by atoms with E-state index < -0.39 is 0 Å². The van der Waals surface area contributed by atoms with Gasteiger partial charge in [0.05, 0.1) is 24.0 Å². The molecular formula is C14H17ClN2OS2. The first kappa shape index (κ1) is 15.5. The number of hydrogen-bond donors (Lipinski definition) is 1. The molecule has 20 heavy (non-hydrogen) atoms. The van der Waals surface area contributed by atoms with E-state index in [9.17, 15) is 4.79 Å². The Bertz CT molecular complexity index is 539. The smallest absolute Gasteiger partial charge is 0.227 e. The number of alkyl halides is 1. The summed E-state index contributed by atoms with van der Waals surface area (Å²) in [5.74, 6) is 0.415. The maximum absolute atomic E-state index is 12.1. The van der Waals surface area contributed by atoms with E-state index in [0.29, 0.717) is 12.3 Å². The van der Waals surface area contributed by atoms with Crippen LogP contribution in [0.3, 0.4) is 0 Å². The molecule has 0 aliphatic carbocycles. The molecule has 2 rings (SSSR count). The molecule has 0 radical (unpaired) electrons. The van der Waals surface area contributed by atoms with Gasteiger partial charge in [-0.2, -0.15) is 0 Å². The van der Waals surface area contributed by atoms with Gasteiger partial charge in [0.2, 0.25) is 5.91 Å². The fraction of sp³-hybridized carbons (Fsp3) is 0.429. The van der Waals surface area contributed by atoms with E-state index in [1.54, 1.807) is 11.3 Å². The molecule has 0 aliphatic heterocycles. The molecule has 3 nitrogen and oxygen atoms in total. The average molecular weight is 329 g/mol. The summed E-state index contributed by atoms with van der Waals surface area (Å²) in [5.41, 5.74) is 0.836. The number of thiophene rings is 1. The summed E-state index contributed by atoms with van der Waals surface area (Å²) in [5, 5.41) is 7.86. The van der Waals surface area contributed by atoms with E-state index in [1.165, 1.54) is 16.2 Å². The van der Waals surface area contributed by atoms with Crippen LogP contribution in [-0.4, -0.2) is 10.9 Å². The minimum atomic E-state index is 0.0207. The summed E-state index contributed by atoms with van der Waals surface area (Å²) in [7, 11) is 0. The molecule has 0 aliphatic rings. The first-order chi connectivity index (χ1) is 9.72. The first-order valence-electron chi connectivity index (χ1n) is 6.55. The first-order valence-corrected chi connectivity index (χ1v) is 8.84. The summed E-state index contributed by atoms with van der Waals surface area (Å²) in [6.45, 7) is 2.13. The van der Waals surface area contributed by atoms with Gasteiger partial charge < -0.3 is 5.32 Å². The van der Waals surface area contributed by atoms with Gasteiger partial charge in [-0.15, -0.1) is 34.3 Å². The highest BCUT2D eigenvalue weighted by atomic mass is 35.5. The quantitative estimate of drug-likeness (QED) is 0.776. The Morgan fingerprint density at radius 2 is 2.35 bits per heavy atom. The largest absolute Gasteiger partial charge is 0.348 e. The Hall–Kier alpha value is -0.910. The second-order valence-electron chi connectivity index (χ2n) is 4.47. The molecule has 0 saturated carbocycles. The Labute approximate surface area is 132 Å². The van der Waals surface area contributed by atoms with Crippen molar-refractivity contribution in [1.82, 2.24) is 10.3 Å². The van der Waals surface area contributed by atoms with Crippen LogP contribution in [-0.2, 0) is 17.1 Å². The summed E-state index contributed by atoms with van der Waals surface area (Å²) in [6.07, 6.45) is 2.32. The minimum absolute atomic E-state index is 0.0207. The second-order valence-corrected chi connectivity index (χ2v) is 6.66. The zero-order chi connectivity index (χ0) is 14.4. The average Bonchev–Trinajstić information content (AvgIpc) is 3.09. The SMILES string of the molecule is CCCC(NC(=O)Cc1nc(CCl)cs1)c1cccs1. The predicted octanol–water partition coefficient (Wildman–Crippen LogP) is 4.14. The van der Waals surface area contributed by atoms with Gasteiger partial charge in [-0.3, -0.25) is 4.79 Å². The lowest BCUT2D eigenvalue weighted by Gasteiger charge is -2.16. The third kappa shape index (κ3) is 4.30. The number of thiazole rings is 1. The molecule has 108 valence electrons. The van der Waals surface area contributed by atoms with Crippen molar-refractivity contribution in [2.24, 2.45) is 0 Å². The van der Waals surface area contributed by atoms with E-state index in [-0.39, 0.29) is 11.9 Å². The molecule has 0 aromatic carbocycles. The molecule has 0 fully saturated rings. The highest BCUT2D eigenvalue weighted by Gasteiger charge is 2.16. The van der Waals surface area contributed by atoms with E-state index in [0.717, 1.165) is 23.5 Å². The Balaban J connectivity index is 1.94. The van der Waals surface area contributed by atoms with Crippen LogP contribution in [0.25, 0.3) is 0 Å². The van der Waals surface area contributed by atoms with Gasteiger partial charge in [0, 0.05) is 10.3 Å². The fourth-order valence-electron chi connectivity index (χ4n) is 1.94. The summed E-state index contributed by atoms with van der Waals surface area (Å²) in [6, 6.07) is 4.20. The molecule has 1 atom stereocenters. The molecule has 1 N–H and O–H groups in total. The van der Waals surface area contributed by atoms with Crippen molar-refractivity contribution in [1.29, 1.82) is 0 Å². The second kappa shape index (κ2) is 7.76. The van der Waals surface area contributed by atoms with Crippen LogP contribution in [0.2, 0.25) is 0 Å². The summed E-state index contributed by atoms with van der Waals surface area (Å²) >= 11 is 8.88. The molecular weight excluding hydrogens is 312 g/mol. The number of carbonyl (C=O) groups is 1. The monoisotopic (exact) mass is 328 g/mol. The lowest BCUT2D eigenvalue weighted by molar-refractivity contribution is -0.121. The van der Waals surface area contributed by atoms with Crippen molar-refractivity contribution in [3.63, 3.8) is 0 Å². The number of amides is 1. The van der Waals surface area contributed by atoms with Crippen LogP contribution in [0.15, 0.2) is 22.9 Å². The Kier molecular flexibility index (Phi) is 6.01. The number of aromatic nitrogens is 1. The standard InChI is InChI=1S/C14H17ClN2OS2/c1-2-4-11(12-5-3-6-19-12)17-13(18)7-14-16-10(8-15)9-20-14/h3,5-6,9,11H,2,4,7-8H2,1H3,(H,17,18). The van der Waals surface area contributed by atoms with Crippen LogP contribution in [0.4, 0.5) is 0 Å². The van der Waals surface area contributed by atoms with Crippen LogP contribution >= 0.6 is 34.3 Å². The van der Waals surface area contributed by atoms with Gasteiger partial charge >= 0.3 is 0 Å². The molecule has 1 unspecified atom stereocenters. The van der Waals surface area contributed by atoms with Gasteiger partial charge in [-0.05, 0) is 17.9 Å². The van der Waals surface area contributed by atoms with Crippen LogP contribution in [0, 0.1) is 0 Å². The van der Waals surface area contributed by atoms with Crippen molar-refractivity contribution in [3.05, 3.63) is 38.5 Å². The number of nitrogens with zero attached hydrogens (tertiary/aromatic N) is 1. The fourth-order valence-corrected chi connectivity index (χ4v) is 3.77. The normalized spacial score (nSPS) is 12.3. The maximum Gasteiger partial charge on any atom is 0.227 e.